The molecule has 2 atom stereocenters. The van der Waals surface area contributed by atoms with E-state index in [1.807, 2.05) is 19.1 Å². The van der Waals surface area contributed by atoms with Crippen LogP contribution in [0.1, 0.15) is 24.8 Å². The number of benzene rings is 1. The van der Waals surface area contributed by atoms with Gasteiger partial charge in [0.25, 0.3) is 0 Å². The van der Waals surface area contributed by atoms with E-state index in [1.165, 1.54) is 11.9 Å². The molecule has 0 amide bonds. The van der Waals surface area contributed by atoms with Crippen molar-refractivity contribution in [1.29, 1.82) is 0 Å². The third-order valence-electron chi connectivity index (χ3n) is 3.29. The summed E-state index contributed by atoms with van der Waals surface area (Å²) in [7, 11) is 0. The molecule has 0 bridgehead atoms. The van der Waals surface area contributed by atoms with Gasteiger partial charge in [0.05, 0.1) is 6.61 Å². The van der Waals surface area contributed by atoms with Crippen molar-refractivity contribution >= 4 is 5.82 Å². The van der Waals surface area contributed by atoms with Gasteiger partial charge in [-0.05, 0) is 18.9 Å². The molecule has 1 aliphatic rings. The first kappa shape index (κ1) is 12.0. The predicted molar refractivity (Wildman–Crippen MR) is 74.4 cm³/mol. The molecule has 1 saturated carbocycles. The average molecular weight is 255 g/mol. The van der Waals surface area contributed by atoms with Crippen molar-refractivity contribution in [2.45, 2.75) is 25.3 Å². The Morgan fingerprint density at radius 3 is 2.89 bits per heavy atom. The van der Waals surface area contributed by atoms with E-state index < -0.39 is 0 Å². The SMILES string of the molecule is CCOc1cc(NC2CC2c2ccccc2)ncn1. The van der Waals surface area contributed by atoms with Crippen LogP contribution in [0, 0.1) is 0 Å². The Morgan fingerprint density at radius 2 is 2.11 bits per heavy atom. The van der Waals surface area contributed by atoms with Crippen molar-refractivity contribution in [3.05, 3.63) is 48.3 Å². The fourth-order valence-corrected chi connectivity index (χ4v) is 2.26. The largest absolute Gasteiger partial charge is 0.478 e. The number of nitrogens with one attached hydrogen (secondary N) is 1. The molecule has 0 saturated heterocycles. The van der Waals surface area contributed by atoms with Gasteiger partial charge in [0.15, 0.2) is 0 Å². The van der Waals surface area contributed by atoms with Gasteiger partial charge in [-0.25, -0.2) is 9.97 Å². The molecule has 1 heterocycles. The molecule has 2 unspecified atom stereocenters. The number of rotatable bonds is 5. The van der Waals surface area contributed by atoms with Crippen molar-refractivity contribution in [2.75, 3.05) is 11.9 Å². The first-order valence-corrected chi connectivity index (χ1v) is 6.63. The fraction of sp³-hybridized carbons (Fsp3) is 0.333. The lowest BCUT2D eigenvalue weighted by molar-refractivity contribution is 0.326. The molecular formula is C15H17N3O. The summed E-state index contributed by atoms with van der Waals surface area (Å²) in [6.45, 7) is 2.56. The van der Waals surface area contributed by atoms with Crippen LogP contribution in [-0.4, -0.2) is 22.6 Å². The van der Waals surface area contributed by atoms with E-state index in [1.54, 1.807) is 0 Å². The second kappa shape index (κ2) is 5.26. The smallest absolute Gasteiger partial charge is 0.218 e. The summed E-state index contributed by atoms with van der Waals surface area (Å²) in [6.07, 6.45) is 2.69. The van der Waals surface area contributed by atoms with E-state index >= 15 is 0 Å². The van der Waals surface area contributed by atoms with Gasteiger partial charge < -0.3 is 10.1 Å². The summed E-state index contributed by atoms with van der Waals surface area (Å²) >= 11 is 0. The lowest BCUT2D eigenvalue weighted by Crippen LogP contribution is -2.06. The summed E-state index contributed by atoms with van der Waals surface area (Å²) in [5.41, 5.74) is 1.39. The maximum Gasteiger partial charge on any atom is 0.218 e. The van der Waals surface area contributed by atoms with E-state index in [0.29, 0.717) is 24.4 Å². The first-order valence-electron chi connectivity index (χ1n) is 6.63. The average Bonchev–Trinajstić information content (AvgIpc) is 3.20. The van der Waals surface area contributed by atoms with Crippen LogP contribution in [0.15, 0.2) is 42.7 Å². The van der Waals surface area contributed by atoms with Crippen molar-refractivity contribution in [3.63, 3.8) is 0 Å². The number of ether oxygens (including phenoxy) is 1. The molecule has 98 valence electrons. The first-order chi connectivity index (χ1) is 9.36. The summed E-state index contributed by atoms with van der Waals surface area (Å²) in [5.74, 6) is 2.05. The van der Waals surface area contributed by atoms with E-state index in [-0.39, 0.29) is 0 Å². The van der Waals surface area contributed by atoms with Crippen LogP contribution >= 0.6 is 0 Å². The second-order valence-electron chi connectivity index (χ2n) is 4.68. The topological polar surface area (TPSA) is 47.0 Å². The predicted octanol–water partition coefficient (Wildman–Crippen LogP) is 2.84. The number of anilines is 1. The van der Waals surface area contributed by atoms with Crippen LogP contribution in [0.2, 0.25) is 0 Å². The Labute approximate surface area is 112 Å². The molecule has 4 heteroatoms. The van der Waals surface area contributed by atoms with Gasteiger partial charge in [0.2, 0.25) is 5.88 Å². The van der Waals surface area contributed by atoms with Gasteiger partial charge in [-0.15, -0.1) is 0 Å². The zero-order valence-electron chi connectivity index (χ0n) is 10.9. The van der Waals surface area contributed by atoms with Crippen LogP contribution < -0.4 is 10.1 Å². The number of hydrogen-bond donors (Lipinski definition) is 1. The molecule has 1 fully saturated rings. The molecule has 1 aromatic heterocycles. The van der Waals surface area contributed by atoms with Crippen molar-refractivity contribution < 1.29 is 4.74 Å². The van der Waals surface area contributed by atoms with Crippen molar-refractivity contribution in [3.8, 4) is 5.88 Å². The van der Waals surface area contributed by atoms with Crippen LogP contribution in [-0.2, 0) is 0 Å². The van der Waals surface area contributed by atoms with E-state index in [0.717, 1.165) is 12.2 Å². The Bertz CT molecular complexity index is 544. The summed E-state index contributed by atoms with van der Waals surface area (Å²) < 4.78 is 5.37. The van der Waals surface area contributed by atoms with Crippen molar-refractivity contribution in [1.82, 2.24) is 9.97 Å². The highest BCUT2D eigenvalue weighted by Gasteiger charge is 2.38. The molecule has 3 rings (SSSR count). The van der Waals surface area contributed by atoms with E-state index in [9.17, 15) is 0 Å². The highest BCUT2D eigenvalue weighted by molar-refractivity contribution is 5.43. The minimum absolute atomic E-state index is 0.465. The monoisotopic (exact) mass is 255 g/mol. The zero-order valence-corrected chi connectivity index (χ0v) is 10.9. The Hall–Kier alpha value is -2.10. The van der Waals surface area contributed by atoms with Gasteiger partial charge in [-0.2, -0.15) is 0 Å². The van der Waals surface area contributed by atoms with Gasteiger partial charge in [-0.3, -0.25) is 0 Å². The van der Waals surface area contributed by atoms with Gasteiger partial charge >= 0.3 is 0 Å². The van der Waals surface area contributed by atoms with Crippen LogP contribution in [0.25, 0.3) is 0 Å². The van der Waals surface area contributed by atoms with Crippen LogP contribution in [0.5, 0.6) is 5.88 Å². The Morgan fingerprint density at radius 1 is 1.26 bits per heavy atom. The Kier molecular flexibility index (Phi) is 3.31. The third-order valence-corrected chi connectivity index (χ3v) is 3.29. The van der Waals surface area contributed by atoms with Gasteiger partial charge in [-0.1, -0.05) is 30.3 Å². The lowest BCUT2D eigenvalue weighted by Gasteiger charge is -2.07. The summed E-state index contributed by atoms with van der Waals surface area (Å²) in [5, 5.41) is 3.43. The minimum atomic E-state index is 0.465. The molecule has 2 aromatic rings. The second-order valence-corrected chi connectivity index (χ2v) is 4.68. The molecule has 1 aliphatic carbocycles. The maximum absolute atomic E-state index is 5.37. The summed E-state index contributed by atoms with van der Waals surface area (Å²) in [4.78, 5) is 8.29. The fourth-order valence-electron chi connectivity index (χ4n) is 2.26. The van der Waals surface area contributed by atoms with Crippen LogP contribution in [0.3, 0.4) is 0 Å². The highest BCUT2D eigenvalue weighted by Crippen LogP contribution is 2.42. The molecule has 1 aromatic carbocycles. The van der Waals surface area contributed by atoms with E-state index in [4.69, 9.17) is 4.74 Å². The number of nitrogens with zero attached hydrogens (tertiary/aromatic N) is 2. The Balaban J connectivity index is 1.63. The zero-order chi connectivity index (χ0) is 13.1. The summed E-state index contributed by atoms with van der Waals surface area (Å²) in [6, 6.07) is 12.9. The van der Waals surface area contributed by atoms with Gasteiger partial charge in [0, 0.05) is 18.0 Å². The minimum Gasteiger partial charge on any atom is -0.478 e. The molecule has 0 radical (unpaired) electrons. The number of aromatic nitrogens is 2. The molecular weight excluding hydrogens is 238 g/mol. The maximum atomic E-state index is 5.37. The van der Waals surface area contributed by atoms with Crippen molar-refractivity contribution in [2.24, 2.45) is 0 Å². The highest BCUT2D eigenvalue weighted by atomic mass is 16.5. The van der Waals surface area contributed by atoms with Crippen LogP contribution in [0.4, 0.5) is 5.82 Å². The quantitative estimate of drug-likeness (QED) is 0.892. The standard InChI is InChI=1S/C15H17N3O/c1-2-19-15-9-14(16-10-17-15)18-13-8-12(13)11-6-4-3-5-7-11/h3-7,9-10,12-13H,2,8H2,1H3,(H,16,17,18). The molecule has 1 N–H and O–H groups in total. The van der Waals surface area contributed by atoms with E-state index in [2.05, 4.69) is 39.6 Å². The number of hydrogen-bond acceptors (Lipinski definition) is 4. The molecule has 0 aliphatic heterocycles. The molecule has 19 heavy (non-hydrogen) atoms. The lowest BCUT2D eigenvalue weighted by atomic mass is 10.1. The van der Waals surface area contributed by atoms with Gasteiger partial charge in [0.1, 0.15) is 12.1 Å². The molecule has 4 nitrogen and oxygen atoms in total. The normalized spacial score (nSPS) is 20.9. The third kappa shape index (κ3) is 2.84. The molecule has 0 spiro atoms.